The molecule has 2 aliphatic heterocycles. The van der Waals surface area contributed by atoms with Crippen molar-refractivity contribution in [3.05, 3.63) is 65.1 Å². The second-order valence-electron chi connectivity index (χ2n) is 6.69. The first-order chi connectivity index (χ1) is 13.7. The molecular formula is C22H23N3O2S. The van der Waals surface area contributed by atoms with E-state index >= 15 is 0 Å². The van der Waals surface area contributed by atoms with Crippen molar-refractivity contribution in [2.75, 3.05) is 25.0 Å². The van der Waals surface area contributed by atoms with E-state index in [1.165, 1.54) is 5.70 Å². The van der Waals surface area contributed by atoms with Crippen molar-refractivity contribution >= 4 is 34.2 Å². The molecule has 2 aromatic carbocycles. The molecule has 2 heterocycles. The minimum Gasteiger partial charge on any atom is -0.494 e. The zero-order valence-corrected chi connectivity index (χ0v) is 16.7. The van der Waals surface area contributed by atoms with Crippen molar-refractivity contribution in [1.29, 1.82) is 0 Å². The van der Waals surface area contributed by atoms with E-state index in [1.807, 2.05) is 36.4 Å². The number of nitrogens with zero attached hydrogens (tertiary/aromatic N) is 2. The molecule has 28 heavy (non-hydrogen) atoms. The van der Waals surface area contributed by atoms with Crippen LogP contribution in [0.2, 0.25) is 0 Å². The normalized spacial score (nSPS) is 15.1. The number of nitrogens with one attached hydrogen (secondary N) is 1. The van der Waals surface area contributed by atoms with Crippen LogP contribution in [0.25, 0.3) is 5.70 Å². The Morgan fingerprint density at radius 3 is 2.71 bits per heavy atom. The fraction of sp³-hybridized carbons (Fsp3) is 0.273. The van der Waals surface area contributed by atoms with Crippen LogP contribution in [0.5, 0.6) is 5.75 Å². The Balaban J connectivity index is 1.36. The van der Waals surface area contributed by atoms with Crippen LogP contribution in [0.3, 0.4) is 0 Å². The van der Waals surface area contributed by atoms with Gasteiger partial charge in [0.05, 0.1) is 18.8 Å². The molecule has 2 aromatic rings. The van der Waals surface area contributed by atoms with Crippen molar-refractivity contribution < 1.29 is 9.53 Å². The molecule has 0 radical (unpaired) electrons. The van der Waals surface area contributed by atoms with E-state index in [-0.39, 0.29) is 5.91 Å². The molecule has 0 spiro atoms. The summed E-state index contributed by atoms with van der Waals surface area (Å²) in [5, 5.41) is 6.17. The second kappa shape index (κ2) is 8.52. The van der Waals surface area contributed by atoms with Crippen LogP contribution in [0, 0.1) is 0 Å². The summed E-state index contributed by atoms with van der Waals surface area (Å²) < 4.78 is 5.64. The summed E-state index contributed by atoms with van der Waals surface area (Å²) in [5.41, 5.74) is 3.70. The van der Waals surface area contributed by atoms with Gasteiger partial charge >= 0.3 is 0 Å². The maximum atomic E-state index is 12.5. The quantitative estimate of drug-likeness (QED) is 0.684. The van der Waals surface area contributed by atoms with E-state index in [4.69, 9.17) is 4.74 Å². The first-order valence-electron chi connectivity index (χ1n) is 9.58. The topological polar surface area (TPSA) is 53.9 Å². The Morgan fingerprint density at radius 1 is 1.18 bits per heavy atom. The lowest BCUT2D eigenvalue weighted by atomic mass is 10.1. The Labute approximate surface area is 169 Å². The summed E-state index contributed by atoms with van der Waals surface area (Å²) in [6, 6.07) is 15.2. The van der Waals surface area contributed by atoms with Crippen LogP contribution in [-0.4, -0.2) is 35.7 Å². The molecule has 0 aliphatic carbocycles. The van der Waals surface area contributed by atoms with Crippen molar-refractivity contribution in [2.24, 2.45) is 4.99 Å². The average molecular weight is 394 g/mol. The highest BCUT2D eigenvalue weighted by Crippen LogP contribution is 2.35. The van der Waals surface area contributed by atoms with Gasteiger partial charge < -0.3 is 15.0 Å². The number of aliphatic imine (C=N–C) groups is 1. The summed E-state index contributed by atoms with van der Waals surface area (Å²) >= 11 is 1.67. The molecule has 0 saturated carbocycles. The molecule has 0 unspecified atom stereocenters. The fourth-order valence-electron chi connectivity index (χ4n) is 3.11. The molecule has 0 saturated heterocycles. The molecule has 4 rings (SSSR count). The molecule has 2 aliphatic rings. The smallest absolute Gasteiger partial charge is 0.255 e. The number of amidine groups is 1. The number of ether oxygens (including phenoxy) is 1. The summed E-state index contributed by atoms with van der Waals surface area (Å²) in [6.07, 6.45) is 2.13. The number of thioether (sulfide) groups is 1. The largest absolute Gasteiger partial charge is 0.494 e. The Hall–Kier alpha value is -2.73. The molecule has 1 N–H and O–H groups in total. The number of hydrogen-bond acceptors (Lipinski definition) is 5. The summed E-state index contributed by atoms with van der Waals surface area (Å²) in [4.78, 5) is 19.2. The Bertz CT molecular complexity index is 904. The number of carbonyl (C=O) groups is 1. The minimum atomic E-state index is -0.127. The maximum absolute atomic E-state index is 12.5. The lowest BCUT2D eigenvalue weighted by Gasteiger charge is -2.17. The van der Waals surface area contributed by atoms with E-state index < -0.39 is 0 Å². The van der Waals surface area contributed by atoms with Gasteiger partial charge in [0.2, 0.25) is 0 Å². The molecule has 0 aromatic heterocycles. The lowest BCUT2D eigenvalue weighted by Crippen LogP contribution is -2.19. The first-order valence-corrected chi connectivity index (χ1v) is 10.5. The third-order valence-corrected chi connectivity index (χ3v) is 5.59. The Kier molecular flexibility index (Phi) is 5.67. The number of unbranched alkanes of at least 4 members (excludes halogenated alkanes) is 1. The van der Waals surface area contributed by atoms with Gasteiger partial charge in [-0.25, -0.2) is 0 Å². The second-order valence-corrected chi connectivity index (χ2v) is 7.53. The van der Waals surface area contributed by atoms with Crippen LogP contribution in [-0.2, 0) is 0 Å². The molecule has 144 valence electrons. The molecule has 0 bridgehead atoms. The van der Waals surface area contributed by atoms with E-state index in [0.29, 0.717) is 12.2 Å². The number of carbonyl (C=O) groups excluding carboxylic acids is 1. The molecule has 5 nitrogen and oxygen atoms in total. The van der Waals surface area contributed by atoms with Crippen LogP contribution in [0.4, 0.5) is 5.69 Å². The van der Waals surface area contributed by atoms with E-state index in [0.717, 1.165) is 48.1 Å². The Morgan fingerprint density at radius 2 is 1.96 bits per heavy atom. The van der Waals surface area contributed by atoms with Crippen LogP contribution < -0.4 is 10.1 Å². The number of benzene rings is 2. The van der Waals surface area contributed by atoms with Crippen molar-refractivity contribution in [1.82, 2.24) is 4.90 Å². The monoisotopic (exact) mass is 393 g/mol. The summed E-state index contributed by atoms with van der Waals surface area (Å²) in [5.74, 6) is 0.666. The first kappa shape index (κ1) is 18.6. The maximum Gasteiger partial charge on any atom is 0.255 e. The molecule has 6 heteroatoms. The van der Waals surface area contributed by atoms with Gasteiger partial charge in [0.25, 0.3) is 5.91 Å². The average Bonchev–Trinajstić information content (AvgIpc) is 3.33. The van der Waals surface area contributed by atoms with Gasteiger partial charge in [-0.1, -0.05) is 37.2 Å². The number of anilines is 1. The molecular weight excluding hydrogens is 370 g/mol. The van der Waals surface area contributed by atoms with Gasteiger partial charge in [0, 0.05) is 23.2 Å². The van der Waals surface area contributed by atoms with E-state index in [9.17, 15) is 4.79 Å². The lowest BCUT2D eigenvalue weighted by molar-refractivity contribution is 0.102. The number of rotatable bonds is 7. The highest BCUT2D eigenvalue weighted by Gasteiger charge is 2.26. The number of hydrogen-bond donors (Lipinski definition) is 1. The summed E-state index contributed by atoms with van der Waals surface area (Å²) in [7, 11) is 0. The van der Waals surface area contributed by atoms with Crippen LogP contribution in [0.15, 0.2) is 58.9 Å². The third kappa shape index (κ3) is 4.07. The van der Waals surface area contributed by atoms with E-state index in [2.05, 4.69) is 27.5 Å². The van der Waals surface area contributed by atoms with Crippen LogP contribution in [0.1, 0.15) is 35.7 Å². The zero-order chi connectivity index (χ0) is 19.3. The van der Waals surface area contributed by atoms with Gasteiger partial charge in [-0.15, -0.1) is 0 Å². The van der Waals surface area contributed by atoms with Gasteiger partial charge in [-0.05, 0) is 48.4 Å². The SMILES string of the molecule is CCCCOc1ccc(C(=O)Nc2ccc(C3=CSC4=NCCN34)cc2)cc1. The van der Waals surface area contributed by atoms with Crippen molar-refractivity contribution in [2.45, 2.75) is 19.8 Å². The van der Waals surface area contributed by atoms with Gasteiger partial charge in [0.1, 0.15) is 5.75 Å². The minimum absolute atomic E-state index is 0.127. The van der Waals surface area contributed by atoms with Gasteiger partial charge in [-0.2, -0.15) is 0 Å². The van der Waals surface area contributed by atoms with Crippen molar-refractivity contribution in [3.63, 3.8) is 0 Å². The molecule has 0 atom stereocenters. The highest BCUT2D eigenvalue weighted by molar-refractivity contribution is 8.16. The highest BCUT2D eigenvalue weighted by atomic mass is 32.2. The van der Waals surface area contributed by atoms with Crippen LogP contribution >= 0.6 is 11.8 Å². The number of amides is 1. The third-order valence-electron chi connectivity index (χ3n) is 4.69. The molecule has 1 amide bonds. The predicted octanol–water partition coefficient (Wildman–Crippen LogP) is 4.83. The van der Waals surface area contributed by atoms with Gasteiger partial charge in [0.15, 0.2) is 5.17 Å². The number of fused-ring (bicyclic) bond motifs is 1. The summed E-state index contributed by atoms with van der Waals surface area (Å²) in [6.45, 7) is 4.63. The standard InChI is InChI=1S/C22H23N3O2S/c1-2-3-14-27-19-10-6-17(7-11-19)21(26)24-18-8-4-16(5-9-18)20-15-28-22-23-12-13-25(20)22/h4-11,15H,2-3,12-14H2,1H3,(H,24,26). The predicted molar refractivity (Wildman–Crippen MR) is 116 cm³/mol. The zero-order valence-electron chi connectivity index (χ0n) is 15.9. The fourth-order valence-corrected chi connectivity index (χ4v) is 4.07. The van der Waals surface area contributed by atoms with Crippen molar-refractivity contribution in [3.8, 4) is 5.75 Å². The van der Waals surface area contributed by atoms with Gasteiger partial charge in [-0.3, -0.25) is 9.79 Å². The van der Waals surface area contributed by atoms with E-state index in [1.54, 1.807) is 23.9 Å². The molecule has 0 fully saturated rings.